The van der Waals surface area contributed by atoms with Crippen molar-refractivity contribution in [1.29, 1.82) is 0 Å². The number of carbonyl (C=O) groups excluding carboxylic acids is 2. The highest BCUT2D eigenvalue weighted by molar-refractivity contribution is 6.02. The maximum Gasteiger partial charge on any atom is 0.253 e. The van der Waals surface area contributed by atoms with Gasteiger partial charge in [0.15, 0.2) is 0 Å². The van der Waals surface area contributed by atoms with Gasteiger partial charge in [0.1, 0.15) is 0 Å². The molecule has 2 amide bonds. The molecule has 1 unspecified atom stereocenters. The molecule has 0 radical (unpaired) electrons. The third-order valence-electron chi connectivity index (χ3n) is 3.88. The minimum atomic E-state index is -0.0106. The van der Waals surface area contributed by atoms with Crippen LogP contribution in [0.3, 0.4) is 0 Å². The third kappa shape index (κ3) is 2.62. The van der Waals surface area contributed by atoms with E-state index in [-0.39, 0.29) is 17.9 Å². The fraction of sp³-hybridized carbons (Fsp3) is 0.467. The lowest BCUT2D eigenvalue weighted by molar-refractivity contribution is -0.115. The average Bonchev–Trinajstić information content (AvgIpc) is 2.74. The first-order valence-corrected chi connectivity index (χ1v) is 6.60. The number of nitrogens with one attached hydrogen (secondary N) is 1. The molecule has 1 atom stereocenters. The molecule has 0 aliphatic carbocycles. The largest absolute Gasteiger partial charge is 0.339 e. The van der Waals surface area contributed by atoms with Crippen molar-refractivity contribution in [2.75, 3.05) is 12.4 Å². The van der Waals surface area contributed by atoms with Crippen LogP contribution in [0.15, 0.2) is 18.2 Å². The van der Waals surface area contributed by atoms with E-state index >= 15 is 0 Å². The van der Waals surface area contributed by atoms with E-state index < -0.39 is 0 Å². The highest BCUT2D eigenvalue weighted by Crippen LogP contribution is 2.25. The Labute approximate surface area is 113 Å². The molecule has 0 saturated heterocycles. The van der Waals surface area contributed by atoms with E-state index in [1.165, 1.54) is 0 Å². The summed E-state index contributed by atoms with van der Waals surface area (Å²) in [6.07, 6.45) is 0.405. The summed E-state index contributed by atoms with van der Waals surface area (Å²) in [5.41, 5.74) is 2.35. The maximum atomic E-state index is 12.4. The van der Waals surface area contributed by atoms with Crippen LogP contribution in [0.1, 0.15) is 36.7 Å². The minimum absolute atomic E-state index is 0.00912. The van der Waals surface area contributed by atoms with Crippen LogP contribution < -0.4 is 5.32 Å². The van der Waals surface area contributed by atoms with Crippen LogP contribution in [0.5, 0.6) is 0 Å². The van der Waals surface area contributed by atoms with Gasteiger partial charge in [-0.25, -0.2) is 0 Å². The van der Waals surface area contributed by atoms with E-state index in [9.17, 15) is 9.59 Å². The number of hydrogen-bond donors (Lipinski definition) is 1. The summed E-state index contributed by atoms with van der Waals surface area (Å²) < 4.78 is 0. The molecular formula is C15H20N2O2. The molecule has 0 bridgehead atoms. The first-order chi connectivity index (χ1) is 8.90. The van der Waals surface area contributed by atoms with E-state index in [0.717, 1.165) is 11.3 Å². The molecule has 1 aliphatic heterocycles. The molecule has 19 heavy (non-hydrogen) atoms. The molecule has 4 nitrogen and oxygen atoms in total. The Bertz CT molecular complexity index is 523. The second-order valence-electron chi connectivity index (χ2n) is 5.50. The van der Waals surface area contributed by atoms with E-state index in [1.54, 1.807) is 17.0 Å². The van der Waals surface area contributed by atoms with Gasteiger partial charge >= 0.3 is 0 Å². The first-order valence-electron chi connectivity index (χ1n) is 6.60. The van der Waals surface area contributed by atoms with E-state index in [2.05, 4.69) is 19.2 Å². The first kappa shape index (κ1) is 13.6. The standard InChI is InChI=1S/C15H20N2O2/c1-9(2)10(3)17(4)15(19)12-6-5-11-8-14(18)16-13(11)7-12/h5-7,9-10H,8H2,1-4H3,(H,16,18). The lowest BCUT2D eigenvalue weighted by atomic mass is 10.0. The Morgan fingerprint density at radius 1 is 1.32 bits per heavy atom. The van der Waals surface area contributed by atoms with Gasteiger partial charge in [0.05, 0.1) is 6.42 Å². The van der Waals surface area contributed by atoms with Gasteiger partial charge in [0, 0.05) is 24.3 Å². The van der Waals surface area contributed by atoms with Gasteiger partial charge in [-0.3, -0.25) is 9.59 Å². The zero-order valence-electron chi connectivity index (χ0n) is 11.9. The number of amides is 2. The fourth-order valence-electron chi connectivity index (χ4n) is 2.18. The maximum absolute atomic E-state index is 12.4. The second kappa shape index (κ2) is 5.03. The number of fused-ring (bicyclic) bond motifs is 1. The van der Waals surface area contributed by atoms with Crippen LogP contribution in [-0.2, 0) is 11.2 Å². The van der Waals surface area contributed by atoms with Crippen molar-refractivity contribution in [3.05, 3.63) is 29.3 Å². The molecule has 0 aromatic heterocycles. The smallest absolute Gasteiger partial charge is 0.253 e. The summed E-state index contributed by atoms with van der Waals surface area (Å²) in [4.78, 5) is 25.4. The Balaban J connectivity index is 2.21. The zero-order chi connectivity index (χ0) is 14.2. The highest BCUT2D eigenvalue weighted by Gasteiger charge is 2.23. The molecule has 4 heteroatoms. The molecular weight excluding hydrogens is 240 g/mol. The number of carbonyl (C=O) groups is 2. The summed E-state index contributed by atoms with van der Waals surface area (Å²) >= 11 is 0. The van der Waals surface area contributed by atoms with Crippen molar-refractivity contribution in [2.24, 2.45) is 5.92 Å². The normalized spacial score (nSPS) is 15.1. The molecule has 1 aromatic rings. The summed E-state index contributed by atoms with van der Waals surface area (Å²) in [6.45, 7) is 6.23. The van der Waals surface area contributed by atoms with Gasteiger partial charge in [-0.05, 0) is 30.5 Å². The minimum Gasteiger partial charge on any atom is -0.339 e. The molecule has 1 aliphatic rings. The van der Waals surface area contributed by atoms with Crippen molar-refractivity contribution in [2.45, 2.75) is 33.2 Å². The number of anilines is 1. The number of rotatable bonds is 3. The summed E-state index contributed by atoms with van der Waals surface area (Å²) in [6, 6.07) is 5.60. The SMILES string of the molecule is CC(C)C(C)N(C)C(=O)c1ccc2c(c1)NC(=O)C2. The van der Waals surface area contributed by atoms with E-state index in [4.69, 9.17) is 0 Å². The van der Waals surface area contributed by atoms with Crippen molar-refractivity contribution in [1.82, 2.24) is 4.90 Å². The lowest BCUT2D eigenvalue weighted by Gasteiger charge is -2.28. The topological polar surface area (TPSA) is 49.4 Å². The third-order valence-corrected chi connectivity index (χ3v) is 3.88. The molecule has 0 spiro atoms. The average molecular weight is 260 g/mol. The fourth-order valence-corrected chi connectivity index (χ4v) is 2.18. The van der Waals surface area contributed by atoms with Gasteiger partial charge in [-0.2, -0.15) is 0 Å². The Morgan fingerprint density at radius 3 is 2.63 bits per heavy atom. The number of hydrogen-bond acceptors (Lipinski definition) is 2. The highest BCUT2D eigenvalue weighted by atomic mass is 16.2. The predicted octanol–water partition coefficient (Wildman–Crippen LogP) is 2.30. The molecule has 0 fully saturated rings. The lowest BCUT2D eigenvalue weighted by Crippen LogP contribution is -2.38. The van der Waals surface area contributed by atoms with Crippen molar-refractivity contribution in [3.63, 3.8) is 0 Å². The van der Waals surface area contributed by atoms with Crippen LogP contribution >= 0.6 is 0 Å². The summed E-state index contributed by atoms with van der Waals surface area (Å²) in [5, 5.41) is 2.77. The van der Waals surface area contributed by atoms with E-state index in [0.29, 0.717) is 17.9 Å². The zero-order valence-corrected chi connectivity index (χ0v) is 11.9. The molecule has 1 aromatic carbocycles. The summed E-state index contributed by atoms with van der Waals surface area (Å²) in [7, 11) is 1.82. The van der Waals surface area contributed by atoms with Crippen LogP contribution in [0.25, 0.3) is 0 Å². The number of benzene rings is 1. The Morgan fingerprint density at radius 2 is 2.00 bits per heavy atom. The summed E-state index contributed by atoms with van der Waals surface area (Å²) in [5.74, 6) is 0.386. The van der Waals surface area contributed by atoms with Crippen LogP contribution in [0.4, 0.5) is 5.69 Å². The van der Waals surface area contributed by atoms with Gasteiger partial charge in [-0.15, -0.1) is 0 Å². The van der Waals surface area contributed by atoms with Gasteiger partial charge in [0.2, 0.25) is 5.91 Å². The van der Waals surface area contributed by atoms with Crippen LogP contribution in [-0.4, -0.2) is 29.8 Å². The molecule has 102 valence electrons. The van der Waals surface area contributed by atoms with Gasteiger partial charge in [0.25, 0.3) is 5.91 Å². The molecule has 2 rings (SSSR count). The Hall–Kier alpha value is -1.84. The quantitative estimate of drug-likeness (QED) is 0.906. The van der Waals surface area contributed by atoms with Crippen molar-refractivity contribution < 1.29 is 9.59 Å². The molecule has 1 heterocycles. The molecule has 1 N–H and O–H groups in total. The monoisotopic (exact) mass is 260 g/mol. The van der Waals surface area contributed by atoms with E-state index in [1.807, 2.05) is 20.0 Å². The van der Waals surface area contributed by atoms with Crippen molar-refractivity contribution in [3.8, 4) is 0 Å². The Kier molecular flexibility index (Phi) is 3.60. The predicted molar refractivity (Wildman–Crippen MR) is 75.2 cm³/mol. The van der Waals surface area contributed by atoms with Gasteiger partial charge < -0.3 is 10.2 Å². The van der Waals surface area contributed by atoms with Crippen LogP contribution in [0, 0.1) is 5.92 Å². The second-order valence-corrected chi connectivity index (χ2v) is 5.50. The van der Waals surface area contributed by atoms with Crippen molar-refractivity contribution >= 4 is 17.5 Å². The van der Waals surface area contributed by atoms with Crippen LogP contribution in [0.2, 0.25) is 0 Å². The number of nitrogens with zero attached hydrogens (tertiary/aromatic N) is 1. The van der Waals surface area contributed by atoms with Gasteiger partial charge in [-0.1, -0.05) is 19.9 Å². The molecule has 0 saturated carbocycles.